The van der Waals surface area contributed by atoms with Crippen LogP contribution >= 0.6 is 0 Å². The molecular weight excluding hydrogens is 299 g/mol. The van der Waals surface area contributed by atoms with Crippen LogP contribution in [0.15, 0.2) is 48.5 Å². The van der Waals surface area contributed by atoms with E-state index in [1.807, 2.05) is 6.07 Å². The number of aliphatic carboxylic acids is 1. The number of nitrogens with zero attached hydrogens (tertiary/aromatic N) is 1. The van der Waals surface area contributed by atoms with Gasteiger partial charge in [0.1, 0.15) is 11.9 Å². The largest absolute Gasteiger partial charge is 0.480 e. The van der Waals surface area contributed by atoms with Gasteiger partial charge < -0.3 is 10.4 Å². The maximum atomic E-state index is 13.1. The first-order valence-corrected chi connectivity index (χ1v) is 6.78. The van der Waals surface area contributed by atoms with E-state index in [1.165, 1.54) is 18.2 Å². The van der Waals surface area contributed by atoms with E-state index >= 15 is 0 Å². The van der Waals surface area contributed by atoms with Gasteiger partial charge in [-0.15, -0.1) is 0 Å². The molecule has 5 nitrogen and oxygen atoms in total. The number of halogens is 1. The van der Waals surface area contributed by atoms with E-state index in [0.717, 1.165) is 6.07 Å². The maximum Gasteiger partial charge on any atom is 0.326 e. The fourth-order valence-corrected chi connectivity index (χ4v) is 2.02. The van der Waals surface area contributed by atoms with Crippen molar-refractivity contribution in [2.24, 2.45) is 0 Å². The molecule has 0 bridgehead atoms. The van der Waals surface area contributed by atoms with Gasteiger partial charge in [-0.05, 0) is 35.9 Å². The number of carbonyl (C=O) groups excluding carboxylic acids is 1. The molecule has 0 saturated carbocycles. The summed E-state index contributed by atoms with van der Waals surface area (Å²) in [6.45, 7) is 0. The van der Waals surface area contributed by atoms with Crippen molar-refractivity contribution in [1.29, 1.82) is 5.26 Å². The van der Waals surface area contributed by atoms with E-state index in [2.05, 4.69) is 5.32 Å². The summed E-state index contributed by atoms with van der Waals surface area (Å²) in [6, 6.07) is 12.2. The molecule has 1 atom stereocenters. The van der Waals surface area contributed by atoms with Crippen LogP contribution in [0.1, 0.15) is 21.5 Å². The predicted octanol–water partition coefficient (Wildman–Crippen LogP) is 2.12. The summed E-state index contributed by atoms with van der Waals surface area (Å²) in [5.74, 6) is -2.43. The first-order chi connectivity index (χ1) is 11.0. The van der Waals surface area contributed by atoms with Crippen molar-refractivity contribution in [2.75, 3.05) is 0 Å². The lowest BCUT2D eigenvalue weighted by atomic mass is 10.0. The van der Waals surface area contributed by atoms with Crippen molar-refractivity contribution in [2.45, 2.75) is 12.5 Å². The number of rotatable bonds is 5. The van der Waals surface area contributed by atoms with Crippen molar-refractivity contribution < 1.29 is 19.1 Å². The molecule has 0 heterocycles. The smallest absolute Gasteiger partial charge is 0.326 e. The Morgan fingerprint density at radius 3 is 2.48 bits per heavy atom. The van der Waals surface area contributed by atoms with Gasteiger partial charge in [0.2, 0.25) is 0 Å². The van der Waals surface area contributed by atoms with Crippen LogP contribution in [0.4, 0.5) is 4.39 Å². The van der Waals surface area contributed by atoms with E-state index in [1.54, 1.807) is 24.3 Å². The summed E-state index contributed by atoms with van der Waals surface area (Å²) < 4.78 is 13.1. The van der Waals surface area contributed by atoms with Gasteiger partial charge in [-0.2, -0.15) is 5.26 Å². The monoisotopic (exact) mass is 312 g/mol. The normalized spacial score (nSPS) is 11.3. The van der Waals surface area contributed by atoms with E-state index < -0.39 is 23.7 Å². The number of amides is 1. The molecule has 2 rings (SSSR count). The predicted molar refractivity (Wildman–Crippen MR) is 80.2 cm³/mol. The highest BCUT2D eigenvalue weighted by Gasteiger charge is 2.21. The second-order valence-electron chi connectivity index (χ2n) is 4.89. The zero-order valence-electron chi connectivity index (χ0n) is 12.0. The van der Waals surface area contributed by atoms with Crippen molar-refractivity contribution >= 4 is 11.9 Å². The van der Waals surface area contributed by atoms with Crippen molar-refractivity contribution in [3.8, 4) is 6.07 Å². The number of hydrogen-bond acceptors (Lipinski definition) is 3. The van der Waals surface area contributed by atoms with Crippen molar-refractivity contribution in [3.05, 3.63) is 71.0 Å². The third-order valence-corrected chi connectivity index (χ3v) is 3.21. The third-order valence-electron chi connectivity index (χ3n) is 3.21. The van der Waals surface area contributed by atoms with Gasteiger partial charge in [0.05, 0.1) is 11.6 Å². The summed E-state index contributed by atoms with van der Waals surface area (Å²) in [6.07, 6.45) is 0.0576. The summed E-state index contributed by atoms with van der Waals surface area (Å²) in [7, 11) is 0. The standard InChI is InChI=1S/C17H13FN2O3/c18-14-3-1-2-13(9-14)16(21)20-15(17(22)23)8-11-4-6-12(10-19)7-5-11/h1-7,9,15H,8H2,(H,20,21)(H,22,23)/t15-/m0/s1. The molecule has 2 aromatic carbocycles. The molecule has 0 fully saturated rings. The molecule has 0 aliphatic carbocycles. The highest BCUT2D eigenvalue weighted by Crippen LogP contribution is 2.08. The summed E-state index contributed by atoms with van der Waals surface area (Å²) >= 11 is 0. The lowest BCUT2D eigenvalue weighted by Crippen LogP contribution is -2.42. The SMILES string of the molecule is N#Cc1ccc(C[C@H](NC(=O)c2cccc(F)c2)C(=O)O)cc1. The minimum absolute atomic E-state index is 0.0519. The zero-order valence-corrected chi connectivity index (χ0v) is 12.0. The number of benzene rings is 2. The number of carboxylic acid groups (broad SMARTS) is 1. The lowest BCUT2D eigenvalue weighted by molar-refractivity contribution is -0.139. The summed E-state index contributed by atoms with van der Waals surface area (Å²) in [5, 5.41) is 20.3. The highest BCUT2D eigenvalue weighted by molar-refractivity contribution is 5.96. The molecule has 2 aromatic rings. The number of nitriles is 1. The van der Waals surface area contributed by atoms with Crippen LogP contribution in [-0.2, 0) is 11.2 Å². The first kappa shape index (κ1) is 16.2. The molecule has 0 aliphatic heterocycles. The van der Waals surface area contributed by atoms with Crippen LogP contribution in [-0.4, -0.2) is 23.0 Å². The van der Waals surface area contributed by atoms with Gasteiger partial charge in [-0.1, -0.05) is 18.2 Å². The topological polar surface area (TPSA) is 90.2 Å². The molecule has 116 valence electrons. The molecule has 2 N–H and O–H groups in total. The molecular formula is C17H13FN2O3. The van der Waals surface area contributed by atoms with Gasteiger partial charge in [0.15, 0.2) is 0 Å². The molecule has 23 heavy (non-hydrogen) atoms. The molecule has 0 unspecified atom stereocenters. The van der Waals surface area contributed by atoms with Crippen LogP contribution in [0.5, 0.6) is 0 Å². The molecule has 1 amide bonds. The lowest BCUT2D eigenvalue weighted by Gasteiger charge is -2.15. The number of nitrogens with one attached hydrogen (secondary N) is 1. The minimum atomic E-state index is -1.20. The Kier molecular flexibility index (Phi) is 5.05. The van der Waals surface area contributed by atoms with Gasteiger partial charge in [0, 0.05) is 12.0 Å². The van der Waals surface area contributed by atoms with E-state index in [0.29, 0.717) is 11.1 Å². The Morgan fingerprint density at radius 2 is 1.91 bits per heavy atom. The Hall–Kier alpha value is -3.20. The molecule has 0 radical (unpaired) electrons. The molecule has 6 heteroatoms. The summed E-state index contributed by atoms with van der Waals surface area (Å²) in [5.41, 5.74) is 1.18. The molecule has 0 spiro atoms. The van der Waals surface area contributed by atoms with Crippen LogP contribution in [0.3, 0.4) is 0 Å². The molecule has 0 saturated heterocycles. The van der Waals surface area contributed by atoms with Crippen molar-refractivity contribution in [3.63, 3.8) is 0 Å². The Balaban J connectivity index is 2.10. The second-order valence-corrected chi connectivity index (χ2v) is 4.89. The number of carbonyl (C=O) groups is 2. The van der Waals surface area contributed by atoms with Gasteiger partial charge in [-0.3, -0.25) is 4.79 Å². The van der Waals surface area contributed by atoms with Crippen LogP contribution in [0.2, 0.25) is 0 Å². The van der Waals surface area contributed by atoms with E-state index in [4.69, 9.17) is 5.26 Å². The van der Waals surface area contributed by atoms with Crippen LogP contribution < -0.4 is 5.32 Å². The average Bonchev–Trinajstić information content (AvgIpc) is 2.54. The third kappa shape index (κ3) is 4.38. The number of hydrogen-bond donors (Lipinski definition) is 2. The summed E-state index contributed by atoms with van der Waals surface area (Å²) in [4.78, 5) is 23.3. The maximum absolute atomic E-state index is 13.1. The van der Waals surface area contributed by atoms with Gasteiger partial charge >= 0.3 is 5.97 Å². The van der Waals surface area contributed by atoms with E-state index in [9.17, 15) is 19.1 Å². The van der Waals surface area contributed by atoms with Gasteiger partial charge in [-0.25, -0.2) is 9.18 Å². The average molecular weight is 312 g/mol. The molecule has 0 aromatic heterocycles. The Bertz CT molecular complexity index is 766. The molecule has 0 aliphatic rings. The zero-order chi connectivity index (χ0) is 16.8. The van der Waals surface area contributed by atoms with Gasteiger partial charge in [0.25, 0.3) is 5.91 Å². The quantitative estimate of drug-likeness (QED) is 0.885. The fraction of sp³-hybridized carbons (Fsp3) is 0.118. The highest BCUT2D eigenvalue weighted by atomic mass is 19.1. The van der Waals surface area contributed by atoms with E-state index in [-0.39, 0.29) is 12.0 Å². The van der Waals surface area contributed by atoms with Crippen LogP contribution in [0.25, 0.3) is 0 Å². The van der Waals surface area contributed by atoms with Crippen LogP contribution in [0, 0.1) is 17.1 Å². The first-order valence-electron chi connectivity index (χ1n) is 6.78. The minimum Gasteiger partial charge on any atom is -0.480 e. The van der Waals surface area contributed by atoms with Crippen molar-refractivity contribution in [1.82, 2.24) is 5.32 Å². The Morgan fingerprint density at radius 1 is 1.22 bits per heavy atom. The number of carboxylic acids is 1. The fourth-order valence-electron chi connectivity index (χ4n) is 2.02. The second kappa shape index (κ2) is 7.18. The Labute approximate surface area is 132 Å².